The fraction of sp³-hybridized carbons (Fsp3) is 0. The molecule has 0 amide bonds. The van der Waals surface area contributed by atoms with E-state index in [1.807, 2.05) is 0 Å². The summed E-state index contributed by atoms with van der Waals surface area (Å²) in [5, 5.41) is 0. The average molecular weight is 239 g/mol. The maximum atomic E-state index is 0. The van der Waals surface area contributed by atoms with Gasteiger partial charge in [0, 0.05) is 83.5 Å². The first-order chi connectivity index (χ1) is 0. The van der Waals surface area contributed by atoms with Crippen LogP contribution in [0.15, 0.2) is 0 Å². The molecule has 5 radical (unpaired) electrons. The Bertz CT molecular complexity index is 9.65. The molecule has 0 spiro atoms. The van der Waals surface area contributed by atoms with Crippen molar-refractivity contribution in [3.8, 4) is 0 Å². The molecule has 0 aromatic carbocycles. The maximum Gasteiger partial charge on any atom is 0 e. The standard InChI is InChI=1S/2Na.4H2O.Sb/h;;4*1H2;/p-1. The Hall–Kier alpha value is 2.66. The second-order valence-corrected chi connectivity index (χ2v) is 0. The van der Waals surface area contributed by atoms with Crippen molar-refractivity contribution in [3.05, 3.63) is 0 Å². The van der Waals surface area contributed by atoms with E-state index >= 15 is 0 Å². The number of rotatable bonds is 0. The Kier molecular flexibility index (Phi) is 1050. The summed E-state index contributed by atoms with van der Waals surface area (Å²) in [5.74, 6) is 0. The van der Waals surface area contributed by atoms with Gasteiger partial charge in [0.1, 0.15) is 0 Å². The van der Waals surface area contributed by atoms with Crippen LogP contribution in [0.1, 0.15) is 0 Å². The molecule has 0 aromatic rings. The van der Waals surface area contributed by atoms with E-state index in [4.69, 9.17) is 0 Å². The van der Waals surface area contributed by atoms with Gasteiger partial charge in [-0.2, -0.15) is 0 Å². The van der Waals surface area contributed by atoms with E-state index in [1.165, 1.54) is 0 Å². The minimum Gasteiger partial charge on any atom is -0.870 e. The van der Waals surface area contributed by atoms with Crippen molar-refractivity contribution >= 4 is 83.5 Å². The average Bonchev–Trinajstić information content (AvgIpc) is 0. The minimum absolute atomic E-state index is 0. The molecule has 0 aliphatic rings. The predicted octanol–water partition coefficient (Wildman–Crippen LogP) is -3.79. The molecule has 7 N–H and O–H groups in total. The summed E-state index contributed by atoms with van der Waals surface area (Å²) in [6, 6.07) is 0. The van der Waals surface area contributed by atoms with Crippen LogP contribution in [-0.4, -0.2) is 105 Å². The first-order valence-electron chi connectivity index (χ1n) is 0. The number of hydrogen-bond donors (Lipinski definition) is 0. The Morgan fingerprint density at radius 1 is 0.571 bits per heavy atom. The Morgan fingerprint density at radius 3 is 0.571 bits per heavy atom. The van der Waals surface area contributed by atoms with Gasteiger partial charge < -0.3 is 21.9 Å². The van der Waals surface area contributed by atoms with Gasteiger partial charge in [0.2, 0.25) is 0 Å². The van der Waals surface area contributed by atoms with Crippen LogP contribution in [0.2, 0.25) is 0 Å². The van der Waals surface area contributed by atoms with Crippen LogP contribution in [-0.2, 0) is 0 Å². The second-order valence-electron chi connectivity index (χ2n) is 0. The van der Waals surface area contributed by atoms with Gasteiger partial charge in [0.05, 0.1) is 0 Å². The summed E-state index contributed by atoms with van der Waals surface area (Å²) in [6.07, 6.45) is 0. The van der Waals surface area contributed by atoms with Crippen LogP contribution >= 0.6 is 0 Å². The van der Waals surface area contributed by atoms with E-state index in [2.05, 4.69) is 0 Å². The molecular formula is H7Na2O4Sb-. The zero-order chi connectivity index (χ0) is 0. The zero-order valence-corrected chi connectivity index (χ0v) is 10.9. The molecule has 0 fully saturated rings. The van der Waals surface area contributed by atoms with E-state index in [1.54, 1.807) is 0 Å². The smallest absolute Gasteiger partial charge is 0 e. The topological polar surface area (TPSA) is 124 Å². The minimum atomic E-state index is 0. The monoisotopic (exact) mass is 238 g/mol. The van der Waals surface area contributed by atoms with E-state index < -0.39 is 0 Å². The maximum absolute atomic E-state index is 0. The van der Waals surface area contributed by atoms with Crippen LogP contribution in [0.5, 0.6) is 0 Å². The molecule has 0 atom stereocenters. The summed E-state index contributed by atoms with van der Waals surface area (Å²) in [4.78, 5) is 0. The van der Waals surface area contributed by atoms with E-state index in [-0.39, 0.29) is 105 Å². The molecule has 0 heterocycles. The van der Waals surface area contributed by atoms with Crippen molar-refractivity contribution in [2.45, 2.75) is 0 Å². The van der Waals surface area contributed by atoms with Gasteiger partial charge in [0.15, 0.2) is 0 Å². The molecule has 7 heteroatoms. The summed E-state index contributed by atoms with van der Waals surface area (Å²) in [5.41, 5.74) is 0. The molecule has 0 aromatic heterocycles. The van der Waals surface area contributed by atoms with Crippen LogP contribution in [0.3, 0.4) is 0 Å². The van der Waals surface area contributed by atoms with Gasteiger partial charge >= 0.3 is 0 Å². The van der Waals surface area contributed by atoms with Crippen LogP contribution in [0, 0.1) is 0 Å². The number of hydrogen-bond acceptors (Lipinski definition) is 1. The fourth-order valence-electron chi connectivity index (χ4n) is 0. The molecule has 0 bridgehead atoms. The molecule has 0 unspecified atom stereocenters. The van der Waals surface area contributed by atoms with Crippen molar-refractivity contribution in [1.82, 2.24) is 0 Å². The van der Waals surface area contributed by atoms with Crippen molar-refractivity contribution in [1.29, 1.82) is 0 Å². The first kappa shape index (κ1) is 102. The molecule has 4 nitrogen and oxygen atoms in total. The van der Waals surface area contributed by atoms with Crippen LogP contribution in [0.25, 0.3) is 0 Å². The molecule has 0 saturated carbocycles. The molecular weight excluding hydrogens is 232 g/mol. The van der Waals surface area contributed by atoms with Gasteiger partial charge in [-0.3, -0.25) is 0 Å². The van der Waals surface area contributed by atoms with E-state index in [0.29, 0.717) is 0 Å². The van der Waals surface area contributed by atoms with E-state index in [9.17, 15) is 0 Å². The zero-order valence-electron chi connectivity index (χ0n) is 4.39. The third-order valence-electron chi connectivity index (χ3n) is 0. The quantitative estimate of drug-likeness (QED) is 0.395. The third-order valence-corrected chi connectivity index (χ3v) is 0. The van der Waals surface area contributed by atoms with Gasteiger partial charge in [0.25, 0.3) is 0 Å². The molecule has 39 valence electrons. The summed E-state index contributed by atoms with van der Waals surface area (Å²) in [6.45, 7) is 0. The molecule has 0 aliphatic carbocycles. The summed E-state index contributed by atoms with van der Waals surface area (Å²) < 4.78 is 0. The molecule has 0 aliphatic heterocycles. The second kappa shape index (κ2) is 71.9. The van der Waals surface area contributed by atoms with Crippen molar-refractivity contribution in [3.63, 3.8) is 0 Å². The summed E-state index contributed by atoms with van der Waals surface area (Å²) >= 11 is 0. The largest absolute Gasteiger partial charge is 0.870 e. The van der Waals surface area contributed by atoms with Crippen LogP contribution < -0.4 is 0 Å². The van der Waals surface area contributed by atoms with Crippen LogP contribution in [0.4, 0.5) is 0 Å². The molecule has 0 rings (SSSR count). The van der Waals surface area contributed by atoms with Gasteiger partial charge in [-0.1, -0.05) is 0 Å². The molecule has 7 heavy (non-hydrogen) atoms. The third kappa shape index (κ3) is 54.3. The SMILES string of the molecule is O.O.O.[Na].[Na].[OH-].[Sb]. The Balaban J connectivity index is 0. The van der Waals surface area contributed by atoms with Gasteiger partial charge in [-0.15, -0.1) is 0 Å². The fourth-order valence-corrected chi connectivity index (χ4v) is 0. The molecule has 0 saturated heterocycles. The van der Waals surface area contributed by atoms with Crippen molar-refractivity contribution in [2.75, 3.05) is 0 Å². The predicted molar refractivity (Wildman–Crippen MR) is 30.0 cm³/mol. The van der Waals surface area contributed by atoms with Gasteiger partial charge in [-0.05, 0) is 0 Å². The Morgan fingerprint density at radius 2 is 0.571 bits per heavy atom. The van der Waals surface area contributed by atoms with Crippen molar-refractivity contribution in [2.24, 2.45) is 0 Å². The van der Waals surface area contributed by atoms with E-state index in [0.717, 1.165) is 0 Å². The Labute approximate surface area is 104 Å². The van der Waals surface area contributed by atoms with Gasteiger partial charge in [-0.25, -0.2) is 0 Å². The first-order valence-corrected chi connectivity index (χ1v) is 0. The normalized spacial score (nSPS) is 0. The summed E-state index contributed by atoms with van der Waals surface area (Å²) in [7, 11) is 0. The van der Waals surface area contributed by atoms with Crippen molar-refractivity contribution < 1.29 is 21.9 Å².